The number of hydrogen-bond donors (Lipinski definition) is 5. The van der Waals surface area contributed by atoms with E-state index >= 15 is 0 Å². The summed E-state index contributed by atoms with van der Waals surface area (Å²) in [5.41, 5.74) is 1.48. The summed E-state index contributed by atoms with van der Waals surface area (Å²) in [6.45, 7) is 1.05. The number of amides is 3. The minimum absolute atomic E-state index is 0.115. The van der Waals surface area contributed by atoms with Crippen LogP contribution in [-0.2, 0) is 32.0 Å². The fraction of sp³-hybridized carbons (Fsp3) is 0.480. The van der Waals surface area contributed by atoms with Crippen molar-refractivity contribution in [2.75, 3.05) is 13.1 Å². The molecule has 2 fully saturated rings. The molecule has 5 N–H and O–H groups in total. The van der Waals surface area contributed by atoms with E-state index in [2.05, 4.69) is 25.9 Å². The molecule has 3 amide bonds. The summed E-state index contributed by atoms with van der Waals surface area (Å²) in [6.07, 6.45) is 5.91. The van der Waals surface area contributed by atoms with Crippen LogP contribution in [0.1, 0.15) is 36.9 Å². The van der Waals surface area contributed by atoms with Crippen LogP contribution in [0.3, 0.4) is 0 Å². The summed E-state index contributed by atoms with van der Waals surface area (Å²) in [7, 11) is 0. The topological polar surface area (TPSA) is 157 Å². The van der Waals surface area contributed by atoms with Gasteiger partial charge in [-0.3, -0.25) is 14.4 Å². The average Bonchev–Trinajstić information content (AvgIpc) is 3.66. The van der Waals surface area contributed by atoms with E-state index in [-0.39, 0.29) is 24.8 Å². The zero-order valence-corrected chi connectivity index (χ0v) is 20.0. The fourth-order valence-electron chi connectivity index (χ4n) is 4.82. The van der Waals surface area contributed by atoms with E-state index in [0.717, 1.165) is 18.5 Å². The maximum absolute atomic E-state index is 13.5. The van der Waals surface area contributed by atoms with Crippen LogP contribution in [0, 0.1) is 0 Å². The van der Waals surface area contributed by atoms with Gasteiger partial charge in [0.1, 0.15) is 18.1 Å². The van der Waals surface area contributed by atoms with Crippen molar-refractivity contribution in [3.63, 3.8) is 0 Å². The molecule has 1 aromatic heterocycles. The largest absolute Gasteiger partial charge is 0.480 e. The number of imidazole rings is 1. The monoisotopic (exact) mass is 496 g/mol. The zero-order chi connectivity index (χ0) is 25.5. The molecule has 4 unspecified atom stereocenters. The van der Waals surface area contributed by atoms with E-state index in [9.17, 15) is 24.3 Å². The SMILES string of the molecule is O=C(NC(Cc1ccccc1)C(=O)NC(Cc1cnc[nH]1)C(=O)N1CCCC1C(=O)O)C1CCCN1. The highest BCUT2D eigenvalue weighted by Crippen LogP contribution is 2.19. The van der Waals surface area contributed by atoms with Crippen molar-refractivity contribution in [3.05, 3.63) is 54.1 Å². The Morgan fingerprint density at radius 3 is 2.53 bits per heavy atom. The molecule has 0 aliphatic carbocycles. The van der Waals surface area contributed by atoms with Gasteiger partial charge in [-0.2, -0.15) is 0 Å². The predicted molar refractivity (Wildman–Crippen MR) is 130 cm³/mol. The van der Waals surface area contributed by atoms with Gasteiger partial charge in [-0.05, 0) is 37.8 Å². The smallest absolute Gasteiger partial charge is 0.326 e. The molecule has 36 heavy (non-hydrogen) atoms. The van der Waals surface area contributed by atoms with Crippen molar-refractivity contribution in [2.45, 2.75) is 62.7 Å². The van der Waals surface area contributed by atoms with Gasteiger partial charge < -0.3 is 30.9 Å². The quantitative estimate of drug-likeness (QED) is 0.310. The second-order valence-electron chi connectivity index (χ2n) is 9.27. The lowest BCUT2D eigenvalue weighted by Gasteiger charge is -2.29. The minimum atomic E-state index is -1.06. The van der Waals surface area contributed by atoms with Gasteiger partial charge in [0.05, 0.1) is 12.4 Å². The number of benzene rings is 1. The first-order chi connectivity index (χ1) is 17.4. The van der Waals surface area contributed by atoms with E-state index < -0.39 is 35.9 Å². The standard InChI is InChI=1S/C25H32N6O5/c32-22(18-8-4-10-27-18)29-19(12-16-6-2-1-3-7-16)23(33)30-20(13-17-14-26-15-28-17)24(34)31-11-5-9-21(31)25(35)36/h1-3,6-7,14-15,18-21,27H,4-5,8-13H2,(H,26,28)(H,29,32)(H,30,33)(H,35,36). The minimum Gasteiger partial charge on any atom is -0.480 e. The first-order valence-electron chi connectivity index (χ1n) is 12.3. The molecule has 2 saturated heterocycles. The van der Waals surface area contributed by atoms with Crippen molar-refractivity contribution in [2.24, 2.45) is 0 Å². The number of carboxylic acid groups (broad SMARTS) is 1. The summed E-state index contributed by atoms with van der Waals surface area (Å²) in [4.78, 5) is 59.7. The number of H-pyrrole nitrogens is 1. The number of hydrogen-bond acceptors (Lipinski definition) is 6. The third-order valence-corrected chi connectivity index (χ3v) is 6.71. The molecule has 2 aromatic rings. The normalized spacial score (nSPS) is 21.1. The average molecular weight is 497 g/mol. The van der Waals surface area contributed by atoms with Crippen molar-refractivity contribution < 1.29 is 24.3 Å². The summed E-state index contributed by atoms with van der Waals surface area (Å²) in [6, 6.07) is 6.11. The molecule has 2 aliphatic rings. The Hall–Kier alpha value is -3.73. The van der Waals surface area contributed by atoms with E-state index in [0.29, 0.717) is 31.5 Å². The lowest BCUT2D eigenvalue weighted by Crippen LogP contribution is -2.58. The fourth-order valence-corrected chi connectivity index (χ4v) is 4.82. The number of rotatable bonds is 10. The van der Waals surface area contributed by atoms with E-state index in [1.807, 2.05) is 30.3 Å². The van der Waals surface area contributed by atoms with Crippen molar-refractivity contribution in [3.8, 4) is 0 Å². The molecule has 0 saturated carbocycles. The molecule has 1 aromatic carbocycles. The van der Waals surface area contributed by atoms with E-state index in [1.165, 1.54) is 11.2 Å². The van der Waals surface area contributed by atoms with Crippen molar-refractivity contribution >= 4 is 23.7 Å². The molecule has 192 valence electrons. The van der Waals surface area contributed by atoms with Gasteiger partial charge in [0.2, 0.25) is 17.7 Å². The van der Waals surface area contributed by atoms with Gasteiger partial charge in [-0.1, -0.05) is 30.3 Å². The van der Waals surface area contributed by atoms with Gasteiger partial charge >= 0.3 is 5.97 Å². The van der Waals surface area contributed by atoms with Gasteiger partial charge in [-0.25, -0.2) is 9.78 Å². The number of carbonyl (C=O) groups is 4. The predicted octanol–water partition coefficient (Wildman–Crippen LogP) is -0.00790. The maximum atomic E-state index is 13.5. The number of likely N-dealkylation sites (tertiary alicyclic amines) is 1. The Morgan fingerprint density at radius 1 is 1.06 bits per heavy atom. The third-order valence-electron chi connectivity index (χ3n) is 6.71. The molecular weight excluding hydrogens is 464 g/mol. The number of aliphatic carboxylic acids is 1. The molecule has 4 rings (SSSR count). The number of aromatic amines is 1. The van der Waals surface area contributed by atoms with Crippen LogP contribution in [0.4, 0.5) is 0 Å². The van der Waals surface area contributed by atoms with E-state index in [1.54, 1.807) is 6.20 Å². The Labute approximate surface area is 209 Å². The Kier molecular flexibility index (Phi) is 8.32. The van der Waals surface area contributed by atoms with E-state index in [4.69, 9.17) is 0 Å². The molecule has 0 radical (unpaired) electrons. The van der Waals surface area contributed by atoms with Crippen LogP contribution in [0.5, 0.6) is 0 Å². The summed E-state index contributed by atoms with van der Waals surface area (Å²) < 4.78 is 0. The molecule has 4 atom stereocenters. The lowest BCUT2D eigenvalue weighted by molar-refractivity contribution is -0.149. The summed E-state index contributed by atoms with van der Waals surface area (Å²) in [5, 5.41) is 18.3. The second kappa shape index (κ2) is 11.8. The first-order valence-corrected chi connectivity index (χ1v) is 12.3. The molecule has 11 nitrogen and oxygen atoms in total. The summed E-state index contributed by atoms with van der Waals surface area (Å²) >= 11 is 0. The molecule has 0 bridgehead atoms. The van der Waals surface area contributed by atoms with Crippen LogP contribution in [0.15, 0.2) is 42.9 Å². The van der Waals surface area contributed by atoms with Crippen LogP contribution in [0.25, 0.3) is 0 Å². The third kappa shape index (κ3) is 6.28. The number of nitrogens with one attached hydrogen (secondary N) is 4. The van der Waals surface area contributed by atoms with Crippen LogP contribution in [0.2, 0.25) is 0 Å². The number of nitrogens with zero attached hydrogens (tertiary/aromatic N) is 2. The van der Waals surface area contributed by atoms with Crippen LogP contribution < -0.4 is 16.0 Å². The van der Waals surface area contributed by atoms with Crippen molar-refractivity contribution in [1.29, 1.82) is 0 Å². The van der Waals surface area contributed by atoms with Gasteiger partial charge in [0.15, 0.2) is 0 Å². The molecule has 11 heteroatoms. The van der Waals surface area contributed by atoms with Crippen molar-refractivity contribution in [1.82, 2.24) is 30.8 Å². The van der Waals surface area contributed by atoms with Gasteiger partial charge in [-0.15, -0.1) is 0 Å². The number of aromatic nitrogens is 2. The highest BCUT2D eigenvalue weighted by molar-refractivity contribution is 5.94. The maximum Gasteiger partial charge on any atom is 0.326 e. The Morgan fingerprint density at radius 2 is 1.86 bits per heavy atom. The molecule has 3 heterocycles. The Bertz CT molecular complexity index is 1050. The van der Waals surface area contributed by atoms with Gasteiger partial charge in [0.25, 0.3) is 0 Å². The number of carbonyl (C=O) groups excluding carboxylic acids is 3. The Balaban J connectivity index is 1.53. The second-order valence-corrected chi connectivity index (χ2v) is 9.27. The zero-order valence-electron chi connectivity index (χ0n) is 20.0. The van der Waals surface area contributed by atoms with Crippen LogP contribution in [-0.4, -0.2) is 80.9 Å². The number of carboxylic acids is 1. The highest BCUT2D eigenvalue weighted by atomic mass is 16.4. The molecular formula is C25H32N6O5. The first kappa shape index (κ1) is 25.4. The van der Waals surface area contributed by atoms with Crippen LogP contribution >= 0.6 is 0 Å². The highest BCUT2D eigenvalue weighted by Gasteiger charge is 2.38. The summed E-state index contributed by atoms with van der Waals surface area (Å²) in [5.74, 6) is -2.30. The lowest BCUT2D eigenvalue weighted by atomic mass is 10.0. The molecule has 2 aliphatic heterocycles. The van der Waals surface area contributed by atoms with Gasteiger partial charge in [0, 0.05) is 31.3 Å². The molecule has 0 spiro atoms.